The van der Waals surface area contributed by atoms with Crippen LogP contribution in [0, 0.1) is 18.2 Å². The van der Waals surface area contributed by atoms with Crippen molar-refractivity contribution in [1.82, 2.24) is 0 Å². The summed E-state index contributed by atoms with van der Waals surface area (Å²) >= 11 is 0. The monoisotopic (exact) mass is 180 g/mol. The van der Waals surface area contributed by atoms with E-state index in [1.54, 1.807) is 6.07 Å². The van der Waals surface area contributed by atoms with E-state index < -0.39 is 5.82 Å². The van der Waals surface area contributed by atoms with Crippen molar-refractivity contribution < 1.29 is 13.9 Å². The molecule has 68 valence electrons. The van der Waals surface area contributed by atoms with E-state index in [0.717, 1.165) is 0 Å². The van der Waals surface area contributed by atoms with Gasteiger partial charge in [0.2, 0.25) is 0 Å². The highest BCUT2D eigenvalue weighted by molar-refractivity contribution is 5.33. The van der Waals surface area contributed by atoms with Gasteiger partial charge in [-0.1, -0.05) is 5.92 Å². The van der Waals surface area contributed by atoms with E-state index in [1.165, 1.54) is 19.2 Å². The SMILES string of the molecule is C#CCOc1ccc(OC)cc1F. The second-order valence-corrected chi connectivity index (χ2v) is 2.29. The largest absolute Gasteiger partial charge is 0.497 e. The molecular formula is C10H9FO2. The van der Waals surface area contributed by atoms with Crippen molar-refractivity contribution in [3.05, 3.63) is 24.0 Å². The van der Waals surface area contributed by atoms with Gasteiger partial charge in [-0.05, 0) is 12.1 Å². The normalized spacial score (nSPS) is 9.00. The summed E-state index contributed by atoms with van der Waals surface area (Å²) in [7, 11) is 1.47. The first-order chi connectivity index (χ1) is 6.27. The Labute approximate surface area is 76.3 Å². The molecular weight excluding hydrogens is 171 g/mol. The minimum Gasteiger partial charge on any atom is -0.497 e. The van der Waals surface area contributed by atoms with E-state index in [-0.39, 0.29) is 12.4 Å². The van der Waals surface area contributed by atoms with Crippen molar-refractivity contribution in [2.45, 2.75) is 0 Å². The van der Waals surface area contributed by atoms with Gasteiger partial charge in [0, 0.05) is 6.07 Å². The fourth-order valence-corrected chi connectivity index (χ4v) is 0.845. The molecule has 0 unspecified atom stereocenters. The molecule has 0 spiro atoms. The van der Waals surface area contributed by atoms with Gasteiger partial charge in [0.1, 0.15) is 12.4 Å². The molecule has 13 heavy (non-hydrogen) atoms. The molecule has 0 aliphatic carbocycles. The molecule has 0 amide bonds. The van der Waals surface area contributed by atoms with Crippen LogP contribution in [0.15, 0.2) is 18.2 Å². The summed E-state index contributed by atoms with van der Waals surface area (Å²) in [5, 5.41) is 0. The Balaban J connectivity index is 2.80. The van der Waals surface area contributed by atoms with Crippen LogP contribution < -0.4 is 9.47 Å². The van der Waals surface area contributed by atoms with Crippen molar-refractivity contribution >= 4 is 0 Å². The number of benzene rings is 1. The highest BCUT2D eigenvalue weighted by Gasteiger charge is 2.03. The lowest BCUT2D eigenvalue weighted by Gasteiger charge is -2.05. The topological polar surface area (TPSA) is 18.5 Å². The lowest BCUT2D eigenvalue weighted by atomic mass is 10.3. The standard InChI is InChI=1S/C10H9FO2/c1-3-6-13-10-5-4-8(12-2)7-9(10)11/h1,4-5,7H,6H2,2H3. The van der Waals surface area contributed by atoms with Crippen LogP contribution in [0.25, 0.3) is 0 Å². The summed E-state index contributed by atoms with van der Waals surface area (Å²) in [5.41, 5.74) is 0. The summed E-state index contributed by atoms with van der Waals surface area (Å²) < 4.78 is 22.8. The molecule has 0 heterocycles. The number of ether oxygens (including phenoxy) is 2. The second kappa shape index (κ2) is 4.36. The molecule has 0 saturated carbocycles. The first kappa shape index (κ1) is 9.40. The van der Waals surface area contributed by atoms with Gasteiger partial charge in [0.05, 0.1) is 7.11 Å². The fraction of sp³-hybridized carbons (Fsp3) is 0.200. The Morgan fingerprint density at radius 3 is 2.85 bits per heavy atom. The summed E-state index contributed by atoms with van der Waals surface area (Å²) in [6.07, 6.45) is 4.96. The fourth-order valence-electron chi connectivity index (χ4n) is 0.845. The molecule has 0 aliphatic heterocycles. The van der Waals surface area contributed by atoms with Crippen LogP contribution in [-0.2, 0) is 0 Å². The molecule has 0 fully saturated rings. The average molecular weight is 180 g/mol. The van der Waals surface area contributed by atoms with E-state index in [2.05, 4.69) is 5.92 Å². The summed E-state index contributed by atoms with van der Waals surface area (Å²) in [6.45, 7) is 0.0588. The van der Waals surface area contributed by atoms with Gasteiger partial charge in [-0.2, -0.15) is 0 Å². The third-order valence-electron chi connectivity index (χ3n) is 1.45. The molecule has 0 aliphatic rings. The van der Waals surface area contributed by atoms with E-state index >= 15 is 0 Å². The van der Waals surface area contributed by atoms with Gasteiger partial charge in [-0.25, -0.2) is 4.39 Å². The van der Waals surface area contributed by atoms with Gasteiger partial charge in [0.25, 0.3) is 0 Å². The maximum atomic E-state index is 13.1. The van der Waals surface area contributed by atoms with E-state index in [1.807, 2.05) is 0 Å². The van der Waals surface area contributed by atoms with Crippen LogP contribution >= 0.6 is 0 Å². The number of terminal acetylenes is 1. The van der Waals surface area contributed by atoms with Crippen LogP contribution in [0.4, 0.5) is 4.39 Å². The predicted molar refractivity (Wildman–Crippen MR) is 47.3 cm³/mol. The molecule has 0 radical (unpaired) electrons. The van der Waals surface area contributed by atoms with Crippen LogP contribution in [0.5, 0.6) is 11.5 Å². The molecule has 1 aromatic rings. The number of halogens is 1. The molecule has 0 aromatic heterocycles. The summed E-state index contributed by atoms with van der Waals surface area (Å²) in [6, 6.07) is 4.33. The van der Waals surface area contributed by atoms with Gasteiger partial charge >= 0.3 is 0 Å². The van der Waals surface area contributed by atoms with Crippen molar-refractivity contribution in [2.24, 2.45) is 0 Å². The molecule has 2 nitrogen and oxygen atoms in total. The first-order valence-electron chi connectivity index (χ1n) is 3.67. The Bertz CT molecular complexity index is 328. The summed E-state index contributed by atoms with van der Waals surface area (Å²) in [5.74, 6) is 2.36. The van der Waals surface area contributed by atoms with Crippen molar-refractivity contribution in [3.63, 3.8) is 0 Å². The molecule has 3 heteroatoms. The maximum Gasteiger partial charge on any atom is 0.168 e. The zero-order valence-corrected chi connectivity index (χ0v) is 7.21. The van der Waals surface area contributed by atoms with Crippen molar-refractivity contribution in [3.8, 4) is 23.8 Å². The molecule has 0 atom stereocenters. The Kier molecular flexibility index (Phi) is 3.15. The number of hydrogen-bond acceptors (Lipinski definition) is 2. The quantitative estimate of drug-likeness (QED) is 0.661. The number of methoxy groups -OCH3 is 1. The van der Waals surface area contributed by atoms with Crippen molar-refractivity contribution in [2.75, 3.05) is 13.7 Å². The lowest BCUT2D eigenvalue weighted by molar-refractivity contribution is 0.344. The minimum absolute atomic E-state index is 0.0588. The number of rotatable bonds is 3. The Morgan fingerprint density at radius 1 is 1.54 bits per heavy atom. The Morgan fingerprint density at radius 2 is 2.31 bits per heavy atom. The third-order valence-corrected chi connectivity index (χ3v) is 1.45. The zero-order chi connectivity index (χ0) is 9.68. The van der Waals surface area contributed by atoms with Gasteiger partial charge in [0.15, 0.2) is 11.6 Å². The molecule has 1 aromatic carbocycles. The molecule has 0 bridgehead atoms. The molecule has 0 saturated heterocycles. The van der Waals surface area contributed by atoms with Gasteiger partial charge in [-0.15, -0.1) is 6.42 Å². The Hall–Kier alpha value is -1.69. The zero-order valence-electron chi connectivity index (χ0n) is 7.21. The predicted octanol–water partition coefficient (Wildman–Crippen LogP) is 1.85. The summed E-state index contributed by atoms with van der Waals surface area (Å²) in [4.78, 5) is 0. The average Bonchev–Trinajstić information content (AvgIpc) is 2.16. The first-order valence-corrected chi connectivity index (χ1v) is 3.67. The van der Waals surface area contributed by atoms with E-state index in [0.29, 0.717) is 5.75 Å². The lowest BCUT2D eigenvalue weighted by Crippen LogP contribution is -1.96. The van der Waals surface area contributed by atoms with Gasteiger partial charge in [-0.3, -0.25) is 0 Å². The van der Waals surface area contributed by atoms with Gasteiger partial charge < -0.3 is 9.47 Å². The minimum atomic E-state index is -0.477. The van der Waals surface area contributed by atoms with Crippen LogP contribution in [0.1, 0.15) is 0 Å². The van der Waals surface area contributed by atoms with Crippen LogP contribution in [0.2, 0.25) is 0 Å². The van der Waals surface area contributed by atoms with E-state index in [4.69, 9.17) is 15.9 Å². The smallest absolute Gasteiger partial charge is 0.168 e. The highest BCUT2D eigenvalue weighted by atomic mass is 19.1. The third kappa shape index (κ3) is 2.38. The van der Waals surface area contributed by atoms with E-state index in [9.17, 15) is 4.39 Å². The molecule has 1 rings (SSSR count). The highest BCUT2D eigenvalue weighted by Crippen LogP contribution is 2.21. The van der Waals surface area contributed by atoms with Crippen molar-refractivity contribution in [1.29, 1.82) is 0 Å². The molecule has 0 N–H and O–H groups in total. The van der Waals surface area contributed by atoms with Crippen LogP contribution in [-0.4, -0.2) is 13.7 Å². The number of hydrogen-bond donors (Lipinski definition) is 0. The second-order valence-electron chi connectivity index (χ2n) is 2.29. The maximum absolute atomic E-state index is 13.1. The van der Waals surface area contributed by atoms with Crippen LogP contribution in [0.3, 0.4) is 0 Å².